The van der Waals surface area contributed by atoms with E-state index in [4.69, 9.17) is 4.98 Å². The molecule has 0 aliphatic heterocycles. The largest absolute Gasteiger partial charge is 0.350 e. The third-order valence-corrected chi connectivity index (χ3v) is 5.05. The fourth-order valence-corrected chi connectivity index (χ4v) is 3.21. The lowest BCUT2D eigenvalue weighted by atomic mass is 10.2. The zero-order valence-electron chi connectivity index (χ0n) is 13.5. The van der Waals surface area contributed by atoms with E-state index in [0.717, 1.165) is 35.3 Å². The molecular weight excluding hydrogens is 385 g/mol. The minimum absolute atomic E-state index is 0.103. The zero-order valence-corrected chi connectivity index (χ0v) is 15.1. The van der Waals surface area contributed by atoms with Crippen LogP contribution in [0.15, 0.2) is 46.9 Å². The molecule has 0 unspecified atom stereocenters. The summed E-state index contributed by atoms with van der Waals surface area (Å²) >= 11 is 3.13. The molecule has 4 nitrogen and oxygen atoms in total. The van der Waals surface area contributed by atoms with Gasteiger partial charge in [0.1, 0.15) is 18.2 Å². The van der Waals surface area contributed by atoms with Crippen molar-refractivity contribution >= 4 is 32.9 Å². The van der Waals surface area contributed by atoms with Gasteiger partial charge in [0.15, 0.2) is 0 Å². The number of halogens is 2. The normalized spacial score (nSPS) is 14.0. The number of amides is 1. The molecule has 1 aliphatic rings. The number of nitrogens with one attached hydrogen (secondary N) is 1. The van der Waals surface area contributed by atoms with Crippen LogP contribution in [-0.4, -0.2) is 15.5 Å². The highest BCUT2D eigenvalue weighted by Gasteiger charge is 2.30. The van der Waals surface area contributed by atoms with Crippen molar-refractivity contribution < 1.29 is 9.18 Å². The van der Waals surface area contributed by atoms with Crippen LogP contribution in [0.1, 0.15) is 30.1 Å². The van der Waals surface area contributed by atoms with Gasteiger partial charge in [0.2, 0.25) is 5.91 Å². The smallest absolute Gasteiger partial charge is 0.240 e. The first kappa shape index (κ1) is 16.3. The summed E-state index contributed by atoms with van der Waals surface area (Å²) in [5, 5.41) is 2.87. The first-order valence-electron chi connectivity index (χ1n) is 8.27. The van der Waals surface area contributed by atoms with Gasteiger partial charge in [-0.1, -0.05) is 18.2 Å². The third-order valence-electron chi connectivity index (χ3n) is 4.40. The van der Waals surface area contributed by atoms with Crippen LogP contribution in [0.4, 0.5) is 4.39 Å². The second kappa shape index (κ2) is 6.59. The van der Waals surface area contributed by atoms with Gasteiger partial charge in [0.05, 0.1) is 15.5 Å². The van der Waals surface area contributed by atoms with E-state index in [2.05, 4.69) is 21.2 Å². The van der Waals surface area contributed by atoms with Gasteiger partial charge in [-0.25, -0.2) is 9.37 Å². The average molecular weight is 402 g/mol. The van der Waals surface area contributed by atoms with Crippen molar-refractivity contribution in [1.82, 2.24) is 14.9 Å². The summed E-state index contributed by atoms with van der Waals surface area (Å²) in [6.45, 7) is 0.528. The summed E-state index contributed by atoms with van der Waals surface area (Å²) in [5.41, 5.74) is 2.63. The molecule has 0 spiro atoms. The molecule has 1 amide bonds. The Hall–Kier alpha value is -2.21. The number of fused-ring (bicyclic) bond motifs is 1. The van der Waals surface area contributed by atoms with Gasteiger partial charge in [-0.05, 0) is 58.6 Å². The number of hydrogen-bond acceptors (Lipinski definition) is 2. The number of carbonyl (C=O) groups is 1. The molecule has 0 atom stereocenters. The Morgan fingerprint density at radius 2 is 2.08 bits per heavy atom. The van der Waals surface area contributed by atoms with Crippen molar-refractivity contribution in [3.8, 4) is 0 Å². The Morgan fingerprint density at radius 1 is 1.28 bits per heavy atom. The molecule has 0 radical (unpaired) electrons. The number of nitrogens with zero attached hydrogens (tertiary/aromatic N) is 2. The minimum Gasteiger partial charge on any atom is -0.350 e. The Bertz CT molecular complexity index is 949. The molecule has 1 fully saturated rings. The topological polar surface area (TPSA) is 46.9 Å². The van der Waals surface area contributed by atoms with E-state index in [9.17, 15) is 9.18 Å². The number of hydrogen-bond donors (Lipinski definition) is 1. The number of imidazole rings is 1. The monoisotopic (exact) mass is 401 g/mol. The molecule has 4 rings (SSSR count). The zero-order chi connectivity index (χ0) is 17.4. The van der Waals surface area contributed by atoms with Crippen LogP contribution in [0.3, 0.4) is 0 Å². The van der Waals surface area contributed by atoms with Crippen LogP contribution in [0.25, 0.3) is 11.0 Å². The fourth-order valence-electron chi connectivity index (χ4n) is 2.96. The molecule has 0 saturated heterocycles. The van der Waals surface area contributed by atoms with Crippen LogP contribution in [-0.2, 0) is 17.9 Å². The van der Waals surface area contributed by atoms with E-state index in [1.165, 1.54) is 6.07 Å². The first-order chi connectivity index (χ1) is 12.1. The number of carbonyl (C=O) groups excluding carboxylic acids is 1. The van der Waals surface area contributed by atoms with Crippen LogP contribution in [0, 0.1) is 5.82 Å². The van der Waals surface area contributed by atoms with Gasteiger partial charge >= 0.3 is 0 Å². The lowest BCUT2D eigenvalue weighted by molar-refractivity contribution is -0.121. The van der Waals surface area contributed by atoms with E-state index in [1.54, 1.807) is 12.1 Å². The lowest BCUT2D eigenvalue weighted by Crippen LogP contribution is -2.27. The van der Waals surface area contributed by atoms with Crippen LogP contribution < -0.4 is 5.32 Å². The van der Waals surface area contributed by atoms with Crippen LogP contribution >= 0.6 is 15.9 Å². The van der Waals surface area contributed by atoms with Crippen molar-refractivity contribution in [3.63, 3.8) is 0 Å². The molecule has 128 valence electrons. The van der Waals surface area contributed by atoms with Crippen molar-refractivity contribution in [3.05, 3.63) is 64.1 Å². The molecule has 1 aliphatic carbocycles. The molecule has 1 N–H and O–H groups in total. The van der Waals surface area contributed by atoms with Crippen molar-refractivity contribution in [1.29, 1.82) is 0 Å². The summed E-state index contributed by atoms with van der Waals surface area (Å²) in [7, 11) is 0. The number of benzene rings is 2. The van der Waals surface area contributed by atoms with Gasteiger partial charge in [-0.3, -0.25) is 4.79 Å². The fraction of sp³-hybridized carbons (Fsp3) is 0.263. The maximum absolute atomic E-state index is 13.6. The molecule has 25 heavy (non-hydrogen) atoms. The summed E-state index contributed by atoms with van der Waals surface area (Å²) in [6, 6.07) is 12.7. The highest BCUT2D eigenvalue weighted by Crippen LogP contribution is 2.40. The predicted octanol–water partition coefficient (Wildman–Crippen LogP) is 4.13. The standard InChI is InChI=1S/C19H17BrFN3O/c20-14-8-5-12(9-15(14)21)10-22-18(25)11-24-17-4-2-1-3-16(17)23-19(24)13-6-7-13/h1-5,8-9,13H,6-7,10-11H2,(H,22,25). The van der Waals surface area contributed by atoms with Crippen molar-refractivity contribution in [2.75, 3.05) is 0 Å². The molecule has 0 bridgehead atoms. The van der Waals surface area contributed by atoms with E-state index in [-0.39, 0.29) is 18.3 Å². The van der Waals surface area contributed by atoms with Crippen LogP contribution in [0.2, 0.25) is 0 Å². The Kier molecular flexibility index (Phi) is 4.29. The Labute approximate surface area is 153 Å². The molecule has 2 aromatic carbocycles. The third kappa shape index (κ3) is 3.44. The van der Waals surface area contributed by atoms with E-state index in [1.807, 2.05) is 28.8 Å². The van der Waals surface area contributed by atoms with Gasteiger partial charge < -0.3 is 9.88 Å². The first-order valence-corrected chi connectivity index (χ1v) is 9.07. The predicted molar refractivity (Wildman–Crippen MR) is 97.7 cm³/mol. The lowest BCUT2D eigenvalue weighted by Gasteiger charge is -2.10. The minimum atomic E-state index is -0.330. The second-order valence-electron chi connectivity index (χ2n) is 6.34. The van der Waals surface area contributed by atoms with Gasteiger partial charge in [0, 0.05) is 12.5 Å². The van der Waals surface area contributed by atoms with Gasteiger partial charge in [-0.15, -0.1) is 0 Å². The maximum atomic E-state index is 13.6. The van der Waals surface area contributed by atoms with Crippen molar-refractivity contribution in [2.24, 2.45) is 0 Å². The highest BCUT2D eigenvalue weighted by atomic mass is 79.9. The van der Waals surface area contributed by atoms with E-state index < -0.39 is 0 Å². The summed E-state index contributed by atoms with van der Waals surface area (Å²) in [4.78, 5) is 17.1. The SMILES string of the molecule is O=C(Cn1c(C2CC2)nc2ccccc21)NCc1ccc(Br)c(F)c1. The molecular formula is C19H17BrFN3O. The molecule has 1 aromatic heterocycles. The summed E-state index contributed by atoms with van der Waals surface area (Å²) < 4.78 is 16.0. The van der Waals surface area contributed by atoms with Gasteiger partial charge in [0.25, 0.3) is 0 Å². The molecule has 1 heterocycles. The number of aromatic nitrogens is 2. The molecule has 3 aromatic rings. The number of rotatable bonds is 5. The second-order valence-corrected chi connectivity index (χ2v) is 7.20. The molecule has 6 heteroatoms. The number of para-hydroxylation sites is 2. The van der Waals surface area contributed by atoms with E-state index in [0.29, 0.717) is 16.9 Å². The quantitative estimate of drug-likeness (QED) is 0.698. The van der Waals surface area contributed by atoms with Crippen molar-refractivity contribution in [2.45, 2.75) is 31.8 Å². The molecule has 1 saturated carbocycles. The maximum Gasteiger partial charge on any atom is 0.240 e. The van der Waals surface area contributed by atoms with E-state index >= 15 is 0 Å². The summed E-state index contributed by atoms with van der Waals surface area (Å²) in [6.07, 6.45) is 2.26. The summed E-state index contributed by atoms with van der Waals surface area (Å²) in [5.74, 6) is 1.02. The highest BCUT2D eigenvalue weighted by molar-refractivity contribution is 9.10. The van der Waals surface area contributed by atoms with Crippen LogP contribution in [0.5, 0.6) is 0 Å². The Morgan fingerprint density at radius 3 is 2.84 bits per heavy atom. The van der Waals surface area contributed by atoms with Gasteiger partial charge in [-0.2, -0.15) is 0 Å². The Balaban J connectivity index is 1.50. The average Bonchev–Trinajstić information content (AvgIpc) is 3.39.